The molecule has 6 rings (SSSR count). The molecule has 2 aromatic heterocycles. The first-order chi connectivity index (χ1) is 17.6. The number of fused-ring (bicyclic) bond motifs is 2. The molecule has 0 spiro atoms. The summed E-state index contributed by atoms with van der Waals surface area (Å²) in [5.41, 5.74) is 4.90. The van der Waals surface area contributed by atoms with E-state index in [1.165, 1.54) is 17.3 Å². The fourth-order valence-electron chi connectivity index (χ4n) is 4.64. The van der Waals surface area contributed by atoms with Crippen LogP contribution in [-0.2, 0) is 17.8 Å². The number of imidazole rings is 1. The van der Waals surface area contributed by atoms with Crippen LogP contribution >= 0.6 is 23.4 Å². The average Bonchev–Trinajstić information content (AvgIpc) is 3.62. The Morgan fingerprint density at radius 1 is 1.00 bits per heavy atom. The van der Waals surface area contributed by atoms with Gasteiger partial charge in [0.25, 0.3) is 0 Å². The summed E-state index contributed by atoms with van der Waals surface area (Å²) >= 11 is 8.01. The van der Waals surface area contributed by atoms with Gasteiger partial charge < -0.3 is 9.47 Å². The van der Waals surface area contributed by atoms with Gasteiger partial charge in [0.1, 0.15) is 0 Å². The van der Waals surface area contributed by atoms with Crippen molar-refractivity contribution in [2.75, 3.05) is 11.4 Å². The SMILES string of the molecule is CC(Sc1nnc(Cn2cnc3ccccc32)n1-c1ccccc1Cl)C(=O)N1CCc2ccccc21. The maximum atomic E-state index is 13.4. The van der Waals surface area contributed by atoms with Gasteiger partial charge in [-0.25, -0.2) is 4.98 Å². The third kappa shape index (κ3) is 4.06. The van der Waals surface area contributed by atoms with Gasteiger partial charge in [0, 0.05) is 12.2 Å². The molecule has 5 aromatic rings. The number of carbonyl (C=O) groups is 1. The number of amides is 1. The summed E-state index contributed by atoms with van der Waals surface area (Å²) in [5, 5.41) is 9.87. The fourth-order valence-corrected chi connectivity index (χ4v) is 5.80. The summed E-state index contributed by atoms with van der Waals surface area (Å²) in [6, 6.07) is 23.7. The van der Waals surface area contributed by atoms with Crippen molar-refractivity contribution in [3.63, 3.8) is 0 Å². The molecule has 1 aliphatic rings. The highest BCUT2D eigenvalue weighted by atomic mass is 35.5. The molecule has 3 aromatic carbocycles. The van der Waals surface area contributed by atoms with E-state index in [0.717, 1.165) is 28.8 Å². The highest BCUT2D eigenvalue weighted by molar-refractivity contribution is 8.00. The van der Waals surface area contributed by atoms with Crippen molar-refractivity contribution in [1.82, 2.24) is 24.3 Å². The minimum absolute atomic E-state index is 0.0563. The van der Waals surface area contributed by atoms with Crippen LogP contribution < -0.4 is 4.90 Å². The second-order valence-corrected chi connectivity index (χ2v) is 10.4. The van der Waals surface area contributed by atoms with Gasteiger partial charge in [-0.15, -0.1) is 10.2 Å². The molecule has 7 nitrogen and oxygen atoms in total. The van der Waals surface area contributed by atoms with Gasteiger partial charge in [-0.3, -0.25) is 9.36 Å². The number of hydrogen-bond donors (Lipinski definition) is 0. The third-order valence-corrected chi connectivity index (χ3v) is 7.77. The topological polar surface area (TPSA) is 68.8 Å². The number of anilines is 1. The van der Waals surface area contributed by atoms with Crippen LogP contribution in [0.1, 0.15) is 18.3 Å². The van der Waals surface area contributed by atoms with E-state index < -0.39 is 0 Å². The molecular weight excluding hydrogens is 492 g/mol. The molecule has 1 unspecified atom stereocenters. The van der Waals surface area contributed by atoms with E-state index in [2.05, 4.69) is 21.2 Å². The molecule has 1 amide bonds. The van der Waals surface area contributed by atoms with Gasteiger partial charge in [-0.1, -0.05) is 65.8 Å². The molecular formula is C27H23ClN6OS. The number of aromatic nitrogens is 5. The van der Waals surface area contributed by atoms with Crippen LogP contribution in [0.5, 0.6) is 0 Å². The van der Waals surface area contributed by atoms with Crippen LogP contribution in [0.4, 0.5) is 5.69 Å². The van der Waals surface area contributed by atoms with Crippen LogP contribution in [-0.4, -0.2) is 42.0 Å². The van der Waals surface area contributed by atoms with Crippen LogP contribution in [0.15, 0.2) is 84.3 Å². The first-order valence-corrected chi connectivity index (χ1v) is 13.0. The van der Waals surface area contributed by atoms with Crippen molar-refractivity contribution in [3.05, 3.63) is 95.5 Å². The van der Waals surface area contributed by atoms with Crippen LogP contribution in [0.25, 0.3) is 16.7 Å². The minimum Gasteiger partial charge on any atom is -0.323 e. The number of thioether (sulfide) groups is 1. The largest absolute Gasteiger partial charge is 0.323 e. The average molecular weight is 515 g/mol. The molecule has 36 heavy (non-hydrogen) atoms. The highest BCUT2D eigenvalue weighted by Gasteiger charge is 2.30. The Bertz CT molecular complexity index is 1580. The van der Waals surface area contributed by atoms with Gasteiger partial charge >= 0.3 is 0 Å². The van der Waals surface area contributed by atoms with E-state index >= 15 is 0 Å². The summed E-state index contributed by atoms with van der Waals surface area (Å²) in [4.78, 5) is 19.8. The van der Waals surface area contributed by atoms with Gasteiger partial charge in [0.05, 0.1) is 39.9 Å². The van der Waals surface area contributed by atoms with Crippen molar-refractivity contribution in [1.29, 1.82) is 0 Å². The molecule has 0 radical (unpaired) electrons. The molecule has 0 N–H and O–H groups in total. The second-order valence-electron chi connectivity index (χ2n) is 8.68. The number of benzene rings is 3. The van der Waals surface area contributed by atoms with Gasteiger partial charge in [-0.2, -0.15) is 0 Å². The number of hydrogen-bond acceptors (Lipinski definition) is 5. The van der Waals surface area contributed by atoms with E-state index in [0.29, 0.717) is 29.1 Å². The standard InChI is InChI=1S/C27H23ClN6OS/c1-18(26(35)33-15-14-19-8-2-5-11-22(19)33)36-27-31-30-25(34(27)23-12-6-3-9-20(23)28)16-32-17-29-21-10-4-7-13-24(21)32/h2-13,17-18H,14-16H2,1H3. The van der Waals surface area contributed by atoms with Crippen molar-refractivity contribution in [2.45, 2.75) is 30.3 Å². The number of para-hydroxylation sites is 4. The summed E-state index contributed by atoms with van der Waals surface area (Å²) < 4.78 is 3.99. The van der Waals surface area contributed by atoms with Crippen LogP contribution in [0.2, 0.25) is 5.02 Å². The van der Waals surface area contributed by atoms with Gasteiger partial charge in [-0.05, 0) is 49.2 Å². The van der Waals surface area contributed by atoms with E-state index in [9.17, 15) is 4.79 Å². The Hall–Kier alpha value is -3.62. The lowest BCUT2D eigenvalue weighted by Crippen LogP contribution is -2.35. The van der Waals surface area contributed by atoms with Crippen LogP contribution in [0, 0.1) is 0 Å². The molecule has 0 aliphatic carbocycles. The first-order valence-electron chi connectivity index (χ1n) is 11.7. The fraction of sp³-hybridized carbons (Fsp3) is 0.185. The zero-order chi connectivity index (χ0) is 24.6. The summed E-state index contributed by atoms with van der Waals surface area (Å²) in [7, 11) is 0. The van der Waals surface area contributed by atoms with Crippen molar-refractivity contribution in [2.24, 2.45) is 0 Å². The Labute approximate surface area is 217 Å². The van der Waals surface area contributed by atoms with Crippen LogP contribution in [0.3, 0.4) is 0 Å². The normalized spacial score (nSPS) is 13.8. The molecule has 1 atom stereocenters. The Kier molecular flexibility index (Phi) is 5.99. The van der Waals surface area contributed by atoms with Crippen molar-refractivity contribution < 1.29 is 4.79 Å². The molecule has 9 heteroatoms. The number of rotatable bonds is 6. The molecule has 1 aliphatic heterocycles. The van der Waals surface area contributed by atoms with Crippen molar-refractivity contribution >= 4 is 46.0 Å². The third-order valence-electron chi connectivity index (χ3n) is 6.42. The quantitative estimate of drug-likeness (QED) is 0.284. The number of nitrogens with zero attached hydrogens (tertiary/aromatic N) is 6. The predicted octanol–water partition coefficient (Wildman–Crippen LogP) is 5.39. The second kappa shape index (κ2) is 9.44. The predicted molar refractivity (Wildman–Crippen MR) is 143 cm³/mol. The first kappa shape index (κ1) is 22.8. The molecule has 3 heterocycles. The van der Waals surface area contributed by atoms with E-state index in [-0.39, 0.29) is 11.2 Å². The summed E-state index contributed by atoms with van der Waals surface area (Å²) in [5.74, 6) is 0.765. The minimum atomic E-state index is -0.358. The van der Waals surface area contributed by atoms with E-state index in [1.54, 1.807) is 6.33 Å². The zero-order valence-corrected chi connectivity index (χ0v) is 21.2. The summed E-state index contributed by atoms with van der Waals surface area (Å²) in [6.45, 7) is 3.07. The monoisotopic (exact) mass is 514 g/mol. The smallest absolute Gasteiger partial charge is 0.240 e. The molecule has 0 saturated carbocycles. The zero-order valence-electron chi connectivity index (χ0n) is 19.6. The lowest BCUT2D eigenvalue weighted by atomic mass is 10.2. The molecule has 0 fully saturated rings. The lowest BCUT2D eigenvalue weighted by molar-refractivity contribution is -0.117. The van der Waals surface area contributed by atoms with Gasteiger partial charge in [0.2, 0.25) is 5.91 Å². The maximum Gasteiger partial charge on any atom is 0.240 e. The number of halogens is 1. The van der Waals surface area contributed by atoms with Crippen molar-refractivity contribution in [3.8, 4) is 5.69 Å². The van der Waals surface area contributed by atoms with E-state index in [1.807, 2.05) is 87.7 Å². The Balaban J connectivity index is 1.34. The summed E-state index contributed by atoms with van der Waals surface area (Å²) in [6.07, 6.45) is 2.68. The Morgan fingerprint density at radius 3 is 2.61 bits per heavy atom. The highest BCUT2D eigenvalue weighted by Crippen LogP contribution is 2.33. The lowest BCUT2D eigenvalue weighted by Gasteiger charge is -2.21. The number of carbonyl (C=O) groups excluding carboxylic acids is 1. The Morgan fingerprint density at radius 2 is 1.75 bits per heavy atom. The molecule has 180 valence electrons. The molecule has 0 saturated heterocycles. The molecule has 0 bridgehead atoms. The van der Waals surface area contributed by atoms with E-state index in [4.69, 9.17) is 11.6 Å². The maximum absolute atomic E-state index is 13.4. The van der Waals surface area contributed by atoms with Gasteiger partial charge in [0.15, 0.2) is 11.0 Å².